The predicted octanol–water partition coefficient (Wildman–Crippen LogP) is 5.68. The van der Waals surface area contributed by atoms with Crippen LogP contribution < -0.4 is 10.2 Å². The summed E-state index contributed by atoms with van der Waals surface area (Å²) >= 11 is 6.52. The van der Waals surface area contributed by atoms with Gasteiger partial charge in [0.2, 0.25) is 0 Å². The van der Waals surface area contributed by atoms with Gasteiger partial charge in [0.15, 0.2) is 0 Å². The largest absolute Gasteiger partial charge is 0.378 e. The van der Waals surface area contributed by atoms with Crippen molar-refractivity contribution in [2.75, 3.05) is 44.3 Å². The molecular weight excluding hydrogens is 522 g/mol. The zero-order valence-electron chi connectivity index (χ0n) is 22.5. The molecule has 3 aromatic carbocycles. The van der Waals surface area contributed by atoms with Crippen LogP contribution in [0.3, 0.4) is 0 Å². The summed E-state index contributed by atoms with van der Waals surface area (Å²) in [6, 6.07) is 22.7. The quantitative estimate of drug-likeness (QED) is 0.293. The third-order valence-electron chi connectivity index (χ3n) is 8.63. The number of H-pyrrole nitrogens is 1. The zero-order valence-corrected chi connectivity index (χ0v) is 23.2. The van der Waals surface area contributed by atoms with Crippen LogP contribution in [0.1, 0.15) is 41.2 Å². The third kappa shape index (κ3) is 5.21. The van der Waals surface area contributed by atoms with Gasteiger partial charge in [0.25, 0.3) is 5.91 Å². The Morgan fingerprint density at radius 2 is 1.80 bits per heavy atom. The molecular formula is C32H34ClN5O2. The van der Waals surface area contributed by atoms with Gasteiger partial charge in [-0.15, -0.1) is 0 Å². The van der Waals surface area contributed by atoms with E-state index in [1.165, 1.54) is 18.5 Å². The van der Waals surface area contributed by atoms with Gasteiger partial charge in [0.1, 0.15) is 0 Å². The van der Waals surface area contributed by atoms with E-state index in [1.54, 1.807) is 0 Å². The monoisotopic (exact) mass is 555 g/mol. The second-order valence-corrected chi connectivity index (χ2v) is 11.7. The second-order valence-electron chi connectivity index (χ2n) is 11.3. The van der Waals surface area contributed by atoms with Crippen molar-refractivity contribution in [3.8, 4) is 11.3 Å². The Kier molecular flexibility index (Phi) is 6.96. The second kappa shape index (κ2) is 10.9. The van der Waals surface area contributed by atoms with Crippen molar-refractivity contribution in [3.63, 3.8) is 0 Å². The molecule has 0 spiro atoms. The van der Waals surface area contributed by atoms with E-state index < -0.39 is 0 Å². The summed E-state index contributed by atoms with van der Waals surface area (Å²) in [4.78, 5) is 18.5. The van der Waals surface area contributed by atoms with Crippen LogP contribution in [-0.4, -0.2) is 66.4 Å². The molecule has 206 valence electrons. The number of nitrogens with zero attached hydrogens (tertiary/aromatic N) is 3. The van der Waals surface area contributed by atoms with E-state index >= 15 is 0 Å². The van der Waals surface area contributed by atoms with Gasteiger partial charge in [-0.25, -0.2) is 0 Å². The third-order valence-corrected chi connectivity index (χ3v) is 8.98. The fourth-order valence-corrected chi connectivity index (χ4v) is 6.20. The van der Waals surface area contributed by atoms with Gasteiger partial charge in [0, 0.05) is 53.4 Å². The highest BCUT2D eigenvalue weighted by Crippen LogP contribution is 2.39. The van der Waals surface area contributed by atoms with Crippen LogP contribution >= 0.6 is 11.6 Å². The van der Waals surface area contributed by atoms with Crippen LogP contribution in [0.5, 0.6) is 0 Å². The molecule has 3 aliphatic rings. The molecule has 1 atom stereocenters. The molecule has 0 bridgehead atoms. The molecule has 2 N–H and O–H groups in total. The van der Waals surface area contributed by atoms with Crippen LogP contribution in [0.15, 0.2) is 66.7 Å². The summed E-state index contributed by atoms with van der Waals surface area (Å²) < 4.78 is 5.36. The van der Waals surface area contributed by atoms with Gasteiger partial charge >= 0.3 is 0 Å². The maximum atomic E-state index is 13.5. The summed E-state index contributed by atoms with van der Waals surface area (Å²) in [5.74, 6) is 0.552. The number of ether oxygens (including phenoxy) is 1. The molecule has 0 radical (unpaired) electrons. The summed E-state index contributed by atoms with van der Waals surface area (Å²) in [5, 5.41) is 12.7. The fraction of sp³-hybridized carbons (Fsp3) is 0.375. The maximum absolute atomic E-state index is 13.5. The Balaban J connectivity index is 1.08. The number of aromatic nitrogens is 2. The highest BCUT2D eigenvalue weighted by Gasteiger charge is 2.30. The Morgan fingerprint density at radius 1 is 1.02 bits per heavy atom. The molecule has 7 nitrogen and oxygen atoms in total. The number of halogens is 1. The average Bonchev–Trinajstić information content (AvgIpc) is 3.67. The van der Waals surface area contributed by atoms with Crippen LogP contribution in [-0.2, 0) is 4.74 Å². The number of amides is 1. The lowest BCUT2D eigenvalue weighted by molar-refractivity contribution is -0.0660. The SMILES string of the molecule is O=C(N[C@@H](CC1CC1)c1ccccc1Cl)c1ccc2[nH]nc(-c3ccc(N4CCN(C5COC5)CC4)cc3)c2c1. The Morgan fingerprint density at radius 3 is 2.50 bits per heavy atom. The number of piperazine rings is 1. The van der Waals surface area contributed by atoms with Crippen molar-refractivity contribution < 1.29 is 9.53 Å². The molecule has 2 saturated heterocycles. The fourth-order valence-electron chi connectivity index (χ4n) is 5.93. The number of carbonyl (C=O) groups excluding carboxylic acids is 1. The minimum Gasteiger partial charge on any atom is -0.378 e. The lowest BCUT2D eigenvalue weighted by Crippen LogP contribution is -2.56. The highest BCUT2D eigenvalue weighted by molar-refractivity contribution is 6.31. The number of rotatable bonds is 8. The normalized spacial score (nSPS) is 19.0. The number of carbonyl (C=O) groups is 1. The minimum atomic E-state index is -0.107. The summed E-state index contributed by atoms with van der Waals surface area (Å²) in [6.07, 6.45) is 3.34. The number of nitrogens with one attached hydrogen (secondary N) is 2. The van der Waals surface area contributed by atoms with Crippen molar-refractivity contribution >= 4 is 34.1 Å². The molecule has 1 aliphatic carbocycles. The van der Waals surface area contributed by atoms with Crippen LogP contribution in [0, 0.1) is 5.92 Å². The first-order valence-electron chi connectivity index (χ1n) is 14.3. The first-order valence-corrected chi connectivity index (χ1v) is 14.7. The van der Waals surface area contributed by atoms with Crippen LogP contribution in [0.2, 0.25) is 5.02 Å². The number of aromatic amines is 1. The zero-order chi connectivity index (χ0) is 27.1. The molecule has 1 saturated carbocycles. The van der Waals surface area contributed by atoms with Gasteiger partial charge in [-0.1, -0.05) is 54.8 Å². The number of benzene rings is 3. The molecule has 0 unspecified atom stereocenters. The van der Waals surface area contributed by atoms with Gasteiger partial charge < -0.3 is 15.0 Å². The summed E-state index contributed by atoms with van der Waals surface area (Å²) in [6.45, 7) is 5.94. The van der Waals surface area contributed by atoms with E-state index in [0.717, 1.165) is 73.5 Å². The minimum absolute atomic E-state index is 0.0948. The van der Waals surface area contributed by atoms with Crippen molar-refractivity contribution in [1.82, 2.24) is 20.4 Å². The maximum Gasteiger partial charge on any atom is 0.251 e. The van der Waals surface area contributed by atoms with E-state index in [0.29, 0.717) is 22.5 Å². The lowest BCUT2D eigenvalue weighted by Gasteiger charge is -2.43. The predicted molar refractivity (Wildman–Crippen MR) is 159 cm³/mol. The number of anilines is 1. The van der Waals surface area contributed by atoms with E-state index in [2.05, 4.69) is 49.6 Å². The number of fused-ring (bicyclic) bond motifs is 1. The van der Waals surface area contributed by atoms with Gasteiger partial charge in [-0.3, -0.25) is 14.8 Å². The molecule has 4 aromatic rings. The van der Waals surface area contributed by atoms with E-state index in [-0.39, 0.29) is 11.9 Å². The van der Waals surface area contributed by atoms with Gasteiger partial charge in [0.05, 0.1) is 36.5 Å². The first-order chi connectivity index (χ1) is 19.6. The number of hydrogen-bond acceptors (Lipinski definition) is 5. The molecule has 3 fully saturated rings. The van der Waals surface area contributed by atoms with Gasteiger partial charge in [-0.05, 0) is 54.3 Å². The molecule has 40 heavy (non-hydrogen) atoms. The van der Waals surface area contributed by atoms with E-state index in [9.17, 15) is 4.79 Å². The highest BCUT2D eigenvalue weighted by atomic mass is 35.5. The van der Waals surface area contributed by atoms with Crippen LogP contribution in [0.4, 0.5) is 5.69 Å². The van der Waals surface area contributed by atoms with Crippen molar-refractivity contribution in [3.05, 3.63) is 82.9 Å². The summed E-state index contributed by atoms with van der Waals surface area (Å²) in [7, 11) is 0. The molecule has 1 amide bonds. The Labute approximate surface area is 239 Å². The average molecular weight is 556 g/mol. The van der Waals surface area contributed by atoms with E-state index in [4.69, 9.17) is 16.3 Å². The standard InChI is InChI=1S/C32H34ClN5O2/c33-28-4-2-1-3-26(28)30(17-21-5-6-21)34-32(39)23-9-12-29-27(18-23)31(36-35-29)22-7-10-24(11-8-22)37-13-15-38(16-14-37)25-19-40-20-25/h1-4,7-12,18,21,25,30H,5-6,13-17,19-20H2,(H,34,39)(H,35,36)/t30-/m0/s1. The van der Waals surface area contributed by atoms with Crippen molar-refractivity contribution in [1.29, 1.82) is 0 Å². The first kappa shape index (κ1) is 25.6. The van der Waals surface area contributed by atoms with Gasteiger partial charge in [-0.2, -0.15) is 5.10 Å². The lowest BCUT2D eigenvalue weighted by atomic mass is 10.00. The van der Waals surface area contributed by atoms with E-state index in [1.807, 2.05) is 42.5 Å². The molecule has 3 heterocycles. The molecule has 1 aromatic heterocycles. The van der Waals surface area contributed by atoms with Crippen molar-refractivity contribution in [2.24, 2.45) is 5.92 Å². The smallest absolute Gasteiger partial charge is 0.251 e. The Bertz CT molecular complexity index is 1500. The Hall–Kier alpha value is -3.39. The summed E-state index contributed by atoms with van der Waals surface area (Å²) in [5.41, 5.74) is 5.62. The number of hydrogen-bond donors (Lipinski definition) is 2. The topological polar surface area (TPSA) is 73.5 Å². The molecule has 8 heteroatoms. The molecule has 2 aliphatic heterocycles. The van der Waals surface area contributed by atoms with Crippen molar-refractivity contribution in [2.45, 2.75) is 31.3 Å². The van der Waals surface area contributed by atoms with Crippen LogP contribution in [0.25, 0.3) is 22.2 Å². The molecule has 7 rings (SSSR count).